The zero-order valence-corrected chi connectivity index (χ0v) is 54.3. The molecule has 0 amide bonds. The molecular formula is C73H126O12. The number of hydrogen-bond acceptors (Lipinski definition) is 11. The molecule has 0 aliphatic carbocycles. The van der Waals surface area contributed by atoms with Gasteiger partial charge in [0.15, 0.2) is 24.6 Å². The SMILES string of the molecule is CCCCC/C=C\C/C=C\C/C=C\CCCCCCCCC(=O)OCC(COC1OC(C(=O)O)C(O)C(O)C1OC(=O)CCCCCCCCCCC/C=C\CCCCCCCC)OC(=O)CCCCCCCCC/C=C\C/C=C\CCCCC. The Hall–Kier alpha value is -3.84. The third kappa shape index (κ3) is 49.8. The number of carbonyl (C=O) groups excluding carboxylic acids is 3. The summed E-state index contributed by atoms with van der Waals surface area (Å²) in [7, 11) is 0. The third-order valence-corrected chi connectivity index (χ3v) is 15.7. The minimum absolute atomic E-state index is 0.0555. The van der Waals surface area contributed by atoms with Gasteiger partial charge in [-0.05, 0) is 116 Å². The molecule has 6 atom stereocenters. The molecule has 6 unspecified atom stereocenters. The molecule has 0 spiro atoms. The molecule has 0 bridgehead atoms. The molecule has 1 rings (SSSR count). The molecule has 3 N–H and O–H groups in total. The smallest absolute Gasteiger partial charge is 0.335 e. The quantitative estimate of drug-likeness (QED) is 0.0228. The van der Waals surface area contributed by atoms with Gasteiger partial charge < -0.3 is 39.0 Å². The maximum atomic E-state index is 13.2. The van der Waals surface area contributed by atoms with Gasteiger partial charge in [0.2, 0.25) is 0 Å². The number of hydrogen-bond donors (Lipinski definition) is 3. The van der Waals surface area contributed by atoms with Gasteiger partial charge in [0, 0.05) is 19.3 Å². The molecule has 1 fully saturated rings. The van der Waals surface area contributed by atoms with Crippen molar-refractivity contribution < 1.29 is 58.2 Å². The lowest BCUT2D eigenvalue weighted by molar-refractivity contribution is -0.301. The monoisotopic (exact) mass is 1190 g/mol. The standard InChI is InChI=1S/C73H126O12/c1-4-7-10-13-16-19-22-25-28-31-33-36-38-41-44-47-50-53-56-59-65(74)81-62-64(83-66(75)60-57-54-51-48-45-42-39-35-30-27-24-21-18-15-12-9-6-3)63-82-73-71(69(78)68(77)70(85-73)72(79)80)84-67(76)61-58-55-52-49-46-43-40-37-34-32-29-26-23-20-17-14-11-8-5-2/h16,18-19,21,25-30,33,36,64,68-71,73,77-78H,4-15,17,20,22-24,31-32,34-35,37-63H2,1-3H3,(H,79,80)/b19-16-,21-18-,28-25-,29-26-,30-27-,36-33-. The van der Waals surface area contributed by atoms with E-state index in [2.05, 4.69) is 93.7 Å². The van der Waals surface area contributed by atoms with E-state index in [1.54, 1.807) is 0 Å². The van der Waals surface area contributed by atoms with Crippen LogP contribution in [-0.4, -0.2) is 89.2 Å². The lowest BCUT2D eigenvalue weighted by Crippen LogP contribution is -2.61. The van der Waals surface area contributed by atoms with Crippen LogP contribution in [0.15, 0.2) is 72.9 Å². The Morgan fingerprint density at radius 1 is 0.388 bits per heavy atom. The van der Waals surface area contributed by atoms with Gasteiger partial charge in [-0.25, -0.2) is 4.79 Å². The number of ether oxygens (including phenoxy) is 5. The number of aliphatic hydroxyl groups is 2. The van der Waals surface area contributed by atoms with Crippen molar-refractivity contribution in [2.45, 2.75) is 353 Å². The highest BCUT2D eigenvalue weighted by Gasteiger charge is 2.50. The summed E-state index contributed by atoms with van der Waals surface area (Å²) >= 11 is 0. The number of unbranched alkanes of at least 4 members (excludes halogenated alkanes) is 34. The summed E-state index contributed by atoms with van der Waals surface area (Å²) in [6, 6.07) is 0. The molecule has 1 saturated heterocycles. The highest BCUT2D eigenvalue weighted by Crippen LogP contribution is 2.27. The summed E-state index contributed by atoms with van der Waals surface area (Å²) in [5.41, 5.74) is 0. The zero-order valence-electron chi connectivity index (χ0n) is 54.3. The van der Waals surface area contributed by atoms with Crippen molar-refractivity contribution in [1.29, 1.82) is 0 Å². The largest absolute Gasteiger partial charge is 0.479 e. The summed E-state index contributed by atoms with van der Waals surface area (Å²) < 4.78 is 28.6. The van der Waals surface area contributed by atoms with E-state index in [0.29, 0.717) is 19.3 Å². The molecule has 0 aromatic rings. The first-order chi connectivity index (χ1) is 41.6. The topological polar surface area (TPSA) is 175 Å². The fourth-order valence-electron chi connectivity index (χ4n) is 10.3. The number of allylic oxidation sites excluding steroid dienone is 12. The number of aliphatic carboxylic acids is 1. The maximum Gasteiger partial charge on any atom is 0.335 e. The summed E-state index contributed by atoms with van der Waals surface area (Å²) in [6.45, 7) is 5.97. The fraction of sp³-hybridized carbons (Fsp3) is 0.781. The Balaban J connectivity index is 2.65. The highest BCUT2D eigenvalue weighted by molar-refractivity contribution is 5.74. The first-order valence-corrected chi connectivity index (χ1v) is 34.9. The van der Waals surface area contributed by atoms with Crippen LogP contribution < -0.4 is 0 Å². The van der Waals surface area contributed by atoms with Gasteiger partial charge in [0.05, 0.1) is 6.61 Å². The van der Waals surface area contributed by atoms with E-state index >= 15 is 0 Å². The van der Waals surface area contributed by atoms with Crippen LogP contribution in [0.1, 0.15) is 316 Å². The lowest BCUT2D eigenvalue weighted by Gasteiger charge is -2.40. The number of carboxylic acids is 1. The predicted octanol–water partition coefficient (Wildman–Crippen LogP) is 19.2. The first-order valence-electron chi connectivity index (χ1n) is 34.9. The van der Waals surface area contributed by atoms with E-state index in [1.165, 1.54) is 128 Å². The zero-order chi connectivity index (χ0) is 61.7. The van der Waals surface area contributed by atoms with Crippen LogP contribution in [0.25, 0.3) is 0 Å². The fourth-order valence-corrected chi connectivity index (χ4v) is 10.3. The second-order valence-corrected chi connectivity index (χ2v) is 23.8. The van der Waals surface area contributed by atoms with Crippen molar-refractivity contribution >= 4 is 23.9 Å². The first kappa shape index (κ1) is 79.2. The normalized spacial score (nSPS) is 17.9. The van der Waals surface area contributed by atoms with Gasteiger partial charge in [-0.3, -0.25) is 14.4 Å². The molecule has 0 saturated carbocycles. The number of esters is 3. The molecule has 12 nitrogen and oxygen atoms in total. The Labute approximate surface area is 518 Å². The molecule has 0 aromatic carbocycles. The van der Waals surface area contributed by atoms with Crippen molar-refractivity contribution in [3.63, 3.8) is 0 Å². The summed E-state index contributed by atoms with van der Waals surface area (Å²) in [6.07, 6.45) is 65.6. The molecule has 0 aromatic heterocycles. The van der Waals surface area contributed by atoms with Gasteiger partial charge in [0.1, 0.15) is 18.8 Å². The number of rotatable bonds is 60. The van der Waals surface area contributed by atoms with Crippen LogP contribution in [0.4, 0.5) is 0 Å². The Kier molecular flexibility index (Phi) is 56.3. The van der Waals surface area contributed by atoms with Crippen molar-refractivity contribution in [3.8, 4) is 0 Å². The summed E-state index contributed by atoms with van der Waals surface area (Å²) in [4.78, 5) is 51.5. The molecule has 1 heterocycles. The molecule has 12 heteroatoms. The van der Waals surface area contributed by atoms with Gasteiger partial charge in [-0.1, -0.05) is 254 Å². The summed E-state index contributed by atoms with van der Waals surface area (Å²) in [5.74, 6) is -3.13. The molecule has 85 heavy (non-hydrogen) atoms. The van der Waals surface area contributed by atoms with E-state index in [-0.39, 0.29) is 25.9 Å². The van der Waals surface area contributed by atoms with Crippen molar-refractivity contribution in [2.24, 2.45) is 0 Å². The third-order valence-electron chi connectivity index (χ3n) is 15.7. The minimum atomic E-state index is -1.91. The molecular weight excluding hydrogens is 1070 g/mol. The average Bonchev–Trinajstić information content (AvgIpc) is 3.51. The van der Waals surface area contributed by atoms with E-state index < -0.39 is 67.3 Å². The molecule has 1 aliphatic heterocycles. The highest BCUT2D eigenvalue weighted by atomic mass is 16.7. The van der Waals surface area contributed by atoms with Crippen LogP contribution in [0, 0.1) is 0 Å². The Morgan fingerprint density at radius 3 is 1.11 bits per heavy atom. The van der Waals surface area contributed by atoms with Crippen LogP contribution in [0.5, 0.6) is 0 Å². The summed E-state index contributed by atoms with van der Waals surface area (Å²) in [5, 5.41) is 31.7. The van der Waals surface area contributed by atoms with E-state index in [4.69, 9.17) is 23.7 Å². The minimum Gasteiger partial charge on any atom is -0.479 e. The van der Waals surface area contributed by atoms with Crippen LogP contribution in [0.3, 0.4) is 0 Å². The average molecular weight is 1200 g/mol. The number of carbonyl (C=O) groups is 4. The second-order valence-electron chi connectivity index (χ2n) is 23.8. The molecule has 490 valence electrons. The molecule has 0 radical (unpaired) electrons. The maximum absolute atomic E-state index is 13.2. The Bertz CT molecular complexity index is 1750. The van der Waals surface area contributed by atoms with Gasteiger partial charge in [-0.15, -0.1) is 0 Å². The Morgan fingerprint density at radius 2 is 0.706 bits per heavy atom. The van der Waals surface area contributed by atoms with Crippen LogP contribution in [0.2, 0.25) is 0 Å². The van der Waals surface area contributed by atoms with Crippen molar-refractivity contribution in [2.75, 3.05) is 13.2 Å². The number of aliphatic hydroxyl groups excluding tert-OH is 2. The lowest BCUT2D eigenvalue weighted by atomic mass is 9.98. The van der Waals surface area contributed by atoms with Gasteiger partial charge in [0.25, 0.3) is 0 Å². The van der Waals surface area contributed by atoms with Gasteiger partial charge in [-0.2, -0.15) is 0 Å². The van der Waals surface area contributed by atoms with E-state index in [9.17, 15) is 34.5 Å². The van der Waals surface area contributed by atoms with E-state index in [1.807, 2.05) is 0 Å². The van der Waals surface area contributed by atoms with Crippen molar-refractivity contribution in [3.05, 3.63) is 72.9 Å². The predicted molar refractivity (Wildman–Crippen MR) is 349 cm³/mol. The van der Waals surface area contributed by atoms with Gasteiger partial charge >= 0.3 is 23.9 Å². The van der Waals surface area contributed by atoms with Crippen molar-refractivity contribution in [1.82, 2.24) is 0 Å². The second kappa shape index (κ2) is 60.4. The molecule has 1 aliphatic rings. The van der Waals surface area contributed by atoms with E-state index in [0.717, 1.165) is 128 Å². The van der Waals surface area contributed by atoms with Crippen LogP contribution >= 0.6 is 0 Å². The number of carboxylic acid groups (broad SMARTS) is 1. The van der Waals surface area contributed by atoms with Crippen LogP contribution in [-0.2, 0) is 42.9 Å².